The summed E-state index contributed by atoms with van der Waals surface area (Å²) in [4.78, 5) is 40.8. The van der Waals surface area contributed by atoms with E-state index in [2.05, 4.69) is 5.32 Å². The molecule has 3 aliphatic rings. The zero-order valence-corrected chi connectivity index (χ0v) is 16.0. The second kappa shape index (κ2) is 7.15. The Morgan fingerprint density at radius 3 is 2.67 bits per heavy atom. The van der Waals surface area contributed by atoms with E-state index < -0.39 is 5.54 Å². The van der Waals surface area contributed by atoms with Gasteiger partial charge in [0.1, 0.15) is 5.54 Å². The molecule has 2 saturated heterocycles. The Hall–Kier alpha value is -2.08. The molecule has 1 spiro atoms. The summed E-state index contributed by atoms with van der Waals surface area (Å²) in [6, 6.07) is 7.16. The fourth-order valence-corrected chi connectivity index (χ4v) is 4.79. The number of carbonyl (C=O) groups excluding carboxylic acids is 3. The molecule has 6 nitrogen and oxygen atoms in total. The molecule has 1 aromatic carbocycles. The maximum Gasteiger partial charge on any atom is 0.325 e. The van der Waals surface area contributed by atoms with Crippen LogP contribution in [0.2, 0.25) is 5.02 Å². The van der Waals surface area contributed by atoms with Crippen molar-refractivity contribution in [3.63, 3.8) is 0 Å². The van der Waals surface area contributed by atoms with Crippen LogP contribution in [0.4, 0.5) is 4.79 Å². The molecule has 27 heavy (non-hydrogen) atoms. The van der Waals surface area contributed by atoms with Gasteiger partial charge in [-0.15, -0.1) is 0 Å². The Labute approximate surface area is 163 Å². The topological polar surface area (TPSA) is 69.7 Å². The highest BCUT2D eigenvalue weighted by atomic mass is 35.5. The lowest BCUT2D eigenvalue weighted by Gasteiger charge is -2.30. The van der Waals surface area contributed by atoms with Crippen molar-refractivity contribution in [2.75, 3.05) is 13.1 Å². The SMILES string of the molecule is O=C1CC(CN2C(=O)NC3(CCCCC3)C2=O)CN1Cc1cccc(Cl)c1. The van der Waals surface area contributed by atoms with Crippen LogP contribution in [0.15, 0.2) is 24.3 Å². The smallest absolute Gasteiger partial charge is 0.325 e. The molecule has 7 heteroatoms. The third kappa shape index (κ3) is 3.55. The zero-order chi connectivity index (χ0) is 19.0. The second-order valence-corrected chi connectivity index (χ2v) is 8.40. The van der Waals surface area contributed by atoms with Gasteiger partial charge in [-0.3, -0.25) is 14.5 Å². The molecule has 1 aromatic rings. The largest absolute Gasteiger partial charge is 0.338 e. The molecule has 144 valence electrons. The molecule has 1 atom stereocenters. The van der Waals surface area contributed by atoms with Crippen LogP contribution in [0.5, 0.6) is 0 Å². The van der Waals surface area contributed by atoms with E-state index >= 15 is 0 Å². The molecule has 4 amide bonds. The van der Waals surface area contributed by atoms with Gasteiger partial charge in [-0.2, -0.15) is 0 Å². The molecular weight excluding hydrogens is 366 g/mol. The highest BCUT2D eigenvalue weighted by Crippen LogP contribution is 2.34. The third-order valence-electron chi connectivity index (χ3n) is 5.95. The van der Waals surface area contributed by atoms with Crippen molar-refractivity contribution in [1.82, 2.24) is 15.1 Å². The Morgan fingerprint density at radius 1 is 1.15 bits per heavy atom. The van der Waals surface area contributed by atoms with Crippen molar-refractivity contribution in [3.8, 4) is 0 Å². The number of imide groups is 1. The lowest BCUT2D eigenvalue weighted by Crippen LogP contribution is -2.48. The van der Waals surface area contributed by atoms with E-state index in [0.29, 0.717) is 31.1 Å². The highest BCUT2D eigenvalue weighted by Gasteiger charge is 2.52. The predicted molar refractivity (Wildman–Crippen MR) is 101 cm³/mol. The first-order valence-corrected chi connectivity index (χ1v) is 10.0. The van der Waals surface area contributed by atoms with Crippen LogP contribution in [0.3, 0.4) is 0 Å². The summed E-state index contributed by atoms with van der Waals surface area (Å²) in [7, 11) is 0. The van der Waals surface area contributed by atoms with Gasteiger partial charge in [0.15, 0.2) is 0 Å². The number of amides is 4. The third-order valence-corrected chi connectivity index (χ3v) is 6.19. The van der Waals surface area contributed by atoms with Gasteiger partial charge in [-0.25, -0.2) is 4.79 Å². The van der Waals surface area contributed by atoms with Crippen LogP contribution in [0.1, 0.15) is 44.1 Å². The maximum absolute atomic E-state index is 12.9. The van der Waals surface area contributed by atoms with E-state index in [-0.39, 0.29) is 23.8 Å². The summed E-state index contributed by atoms with van der Waals surface area (Å²) >= 11 is 6.02. The first-order chi connectivity index (χ1) is 13.0. The van der Waals surface area contributed by atoms with Crippen LogP contribution < -0.4 is 5.32 Å². The number of rotatable bonds is 4. The monoisotopic (exact) mass is 389 g/mol. The number of carbonyl (C=O) groups is 3. The van der Waals surface area contributed by atoms with Crippen molar-refractivity contribution in [3.05, 3.63) is 34.9 Å². The van der Waals surface area contributed by atoms with Crippen LogP contribution in [-0.2, 0) is 16.1 Å². The molecule has 1 N–H and O–H groups in total. The number of hydrogen-bond acceptors (Lipinski definition) is 3. The van der Waals surface area contributed by atoms with Gasteiger partial charge in [0.25, 0.3) is 5.91 Å². The number of benzene rings is 1. The van der Waals surface area contributed by atoms with Gasteiger partial charge in [0.2, 0.25) is 5.91 Å². The number of halogens is 1. The number of hydrogen-bond donors (Lipinski definition) is 1. The summed E-state index contributed by atoms with van der Waals surface area (Å²) in [6.45, 7) is 1.36. The molecule has 0 bridgehead atoms. The summed E-state index contributed by atoms with van der Waals surface area (Å²) < 4.78 is 0. The van der Waals surface area contributed by atoms with Crippen molar-refractivity contribution < 1.29 is 14.4 Å². The minimum atomic E-state index is -0.696. The molecule has 0 radical (unpaired) electrons. The lowest BCUT2D eigenvalue weighted by atomic mass is 9.81. The second-order valence-electron chi connectivity index (χ2n) is 7.96. The van der Waals surface area contributed by atoms with Crippen LogP contribution in [0.25, 0.3) is 0 Å². The summed E-state index contributed by atoms with van der Waals surface area (Å²) in [5.41, 5.74) is 0.283. The van der Waals surface area contributed by atoms with Crippen LogP contribution in [0, 0.1) is 5.92 Å². The lowest BCUT2D eigenvalue weighted by molar-refractivity contribution is -0.133. The van der Waals surface area contributed by atoms with E-state index in [1.807, 2.05) is 18.2 Å². The molecule has 4 rings (SSSR count). The minimum Gasteiger partial charge on any atom is -0.338 e. The predicted octanol–water partition coefficient (Wildman–Crippen LogP) is 2.94. The van der Waals surface area contributed by atoms with E-state index in [0.717, 1.165) is 37.7 Å². The van der Waals surface area contributed by atoms with Gasteiger partial charge >= 0.3 is 6.03 Å². The average molecular weight is 390 g/mol. The van der Waals surface area contributed by atoms with Crippen molar-refractivity contribution in [2.24, 2.45) is 5.92 Å². The van der Waals surface area contributed by atoms with E-state index in [9.17, 15) is 14.4 Å². The van der Waals surface area contributed by atoms with Gasteiger partial charge < -0.3 is 10.2 Å². The van der Waals surface area contributed by atoms with Crippen molar-refractivity contribution in [1.29, 1.82) is 0 Å². The Balaban J connectivity index is 1.39. The normalized spacial score (nSPS) is 24.8. The number of urea groups is 1. The first-order valence-electron chi connectivity index (χ1n) is 9.63. The zero-order valence-electron chi connectivity index (χ0n) is 15.2. The number of nitrogens with zero attached hydrogens (tertiary/aromatic N) is 2. The highest BCUT2D eigenvalue weighted by molar-refractivity contribution is 6.30. The fourth-order valence-electron chi connectivity index (χ4n) is 4.58. The molecule has 1 saturated carbocycles. The first kappa shape index (κ1) is 18.3. The van der Waals surface area contributed by atoms with Crippen molar-refractivity contribution in [2.45, 2.75) is 50.6 Å². The molecule has 1 aliphatic carbocycles. The minimum absolute atomic E-state index is 0.0230. The van der Waals surface area contributed by atoms with Gasteiger partial charge in [-0.05, 0) is 30.5 Å². The average Bonchev–Trinajstić information content (AvgIpc) is 3.08. The maximum atomic E-state index is 12.9. The van der Waals surface area contributed by atoms with Crippen molar-refractivity contribution >= 4 is 29.4 Å². The van der Waals surface area contributed by atoms with Crippen LogP contribution >= 0.6 is 11.6 Å². The number of nitrogens with one attached hydrogen (secondary N) is 1. The Bertz CT molecular complexity index is 775. The molecule has 0 aromatic heterocycles. The molecular formula is C20H24ClN3O3. The van der Waals surface area contributed by atoms with Gasteiger partial charge in [0.05, 0.1) is 0 Å². The fraction of sp³-hybridized carbons (Fsp3) is 0.550. The van der Waals surface area contributed by atoms with Gasteiger partial charge in [0, 0.05) is 37.0 Å². The van der Waals surface area contributed by atoms with Gasteiger partial charge in [-0.1, -0.05) is 43.0 Å². The summed E-state index contributed by atoms with van der Waals surface area (Å²) in [5, 5.41) is 3.58. The molecule has 2 heterocycles. The number of likely N-dealkylation sites (tertiary alicyclic amines) is 1. The van der Waals surface area contributed by atoms with Crippen LogP contribution in [-0.4, -0.2) is 46.3 Å². The molecule has 3 fully saturated rings. The van der Waals surface area contributed by atoms with E-state index in [1.54, 1.807) is 11.0 Å². The standard InChI is InChI=1S/C20H24ClN3O3/c21-16-6-4-5-14(9-16)11-23-12-15(10-17(23)25)13-24-18(26)20(22-19(24)27)7-2-1-3-8-20/h4-6,9,15H,1-3,7-8,10-13H2,(H,22,27). The summed E-state index contributed by atoms with van der Waals surface area (Å²) in [6.07, 6.45) is 4.85. The molecule has 2 aliphatic heterocycles. The Morgan fingerprint density at radius 2 is 1.93 bits per heavy atom. The summed E-state index contributed by atoms with van der Waals surface area (Å²) in [5.74, 6) is -0.0718. The Kier molecular flexibility index (Phi) is 4.84. The van der Waals surface area contributed by atoms with E-state index in [1.165, 1.54) is 4.90 Å². The quantitative estimate of drug-likeness (QED) is 0.805. The molecule has 1 unspecified atom stereocenters. The van der Waals surface area contributed by atoms with E-state index in [4.69, 9.17) is 11.6 Å².